The maximum absolute atomic E-state index is 11.9. The molecule has 3 N–H and O–H groups in total. The molecule has 21 heavy (non-hydrogen) atoms. The largest absolute Gasteiger partial charge is 0.478 e. The fourth-order valence-electron chi connectivity index (χ4n) is 2.48. The van der Waals surface area contributed by atoms with Crippen LogP contribution in [0.5, 0.6) is 0 Å². The molecule has 0 aromatic heterocycles. The number of nitrogens with one attached hydrogen (secondary N) is 2. The van der Waals surface area contributed by atoms with E-state index in [0.29, 0.717) is 5.69 Å². The number of amides is 2. The van der Waals surface area contributed by atoms with E-state index in [0.717, 1.165) is 19.3 Å². The molecule has 2 amide bonds. The predicted molar refractivity (Wildman–Crippen MR) is 79.0 cm³/mol. The molecule has 0 radical (unpaired) electrons. The van der Waals surface area contributed by atoms with Crippen molar-refractivity contribution in [3.63, 3.8) is 0 Å². The lowest BCUT2D eigenvalue weighted by Crippen LogP contribution is -2.42. The van der Waals surface area contributed by atoms with Crippen LogP contribution in [-0.4, -0.2) is 36.4 Å². The lowest BCUT2D eigenvalue weighted by molar-refractivity contribution is 0.0697. The number of aromatic carboxylic acids is 1. The molecule has 1 aliphatic carbocycles. The highest BCUT2D eigenvalue weighted by atomic mass is 35.5. The number of carbonyl (C=O) groups is 2. The first kappa shape index (κ1) is 15.6. The van der Waals surface area contributed by atoms with Crippen molar-refractivity contribution in [1.82, 2.24) is 5.32 Å². The molecule has 1 fully saturated rings. The summed E-state index contributed by atoms with van der Waals surface area (Å²) in [5.74, 6) is -1.14. The van der Waals surface area contributed by atoms with Crippen molar-refractivity contribution in [2.45, 2.75) is 31.4 Å². The smallest absolute Gasteiger partial charge is 0.337 e. The number of halogens is 1. The van der Waals surface area contributed by atoms with Gasteiger partial charge in [-0.2, -0.15) is 0 Å². The molecule has 0 heterocycles. The molecular formula is C14H17ClN2O4. The second kappa shape index (κ2) is 6.78. The van der Waals surface area contributed by atoms with E-state index in [1.807, 2.05) is 0 Å². The Kier molecular flexibility index (Phi) is 5.03. The average molecular weight is 313 g/mol. The summed E-state index contributed by atoms with van der Waals surface area (Å²) in [6.07, 6.45) is 2.82. The first-order valence-electron chi connectivity index (χ1n) is 6.64. The van der Waals surface area contributed by atoms with Gasteiger partial charge in [0.05, 0.1) is 22.7 Å². The number of hydrogen-bond donors (Lipinski definition) is 3. The maximum Gasteiger partial charge on any atom is 0.337 e. The van der Waals surface area contributed by atoms with Gasteiger partial charge in [0.2, 0.25) is 0 Å². The first-order chi connectivity index (χ1) is 10.0. The Morgan fingerprint density at radius 3 is 2.81 bits per heavy atom. The van der Waals surface area contributed by atoms with Crippen LogP contribution >= 0.6 is 11.6 Å². The highest BCUT2D eigenvalue weighted by Crippen LogP contribution is 2.23. The Labute approximate surface area is 127 Å². The van der Waals surface area contributed by atoms with Crippen molar-refractivity contribution >= 4 is 29.3 Å². The van der Waals surface area contributed by atoms with Crippen LogP contribution in [0.2, 0.25) is 5.02 Å². The number of anilines is 1. The Morgan fingerprint density at radius 2 is 2.14 bits per heavy atom. The zero-order chi connectivity index (χ0) is 15.4. The van der Waals surface area contributed by atoms with Gasteiger partial charge in [-0.25, -0.2) is 9.59 Å². The van der Waals surface area contributed by atoms with Crippen LogP contribution in [0.25, 0.3) is 0 Å². The minimum Gasteiger partial charge on any atom is -0.478 e. The lowest BCUT2D eigenvalue weighted by Gasteiger charge is -2.20. The number of methoxy groups -OCH3 is 1. The van der Waals surface area contributed by atoms with E-state index in [-0.39, 0.29) is 28.8 Å². The standard InChI is InChI=1S/C14H17ClN2O4/c1-21-12-4-2-3-11(12)17-14(20)16-8-5-6-10(15)9(7-8)13(18)19/h5-7,11-12H,2-4H2,1H3,(H,18,19)(H2,16,17,20). The average Bonchev–Trinajstić information content (AvgIpc) is 2.87. The summed E-state index contributed by atoms with van der Waals surface area (Å²) in [5, 5.41) is 14.6. The summed E-state index contributed by atoms with van der Waals surface area (Å²) in [5.41, 5.74) is 0.325. The number of carboxylic acids is 1. The van der Waals surface area contributed by atoms with Gasteiger partial charge < -0.3 is 20.5 Å². The van der Waals surface area contributed by atoms with Crippen LogP contribution in [0.3, 0.4) is 0 Å². The first-order valence-corrected chi connectivity index (χ1v) is 7.02. The lowest BCUT2D eigenvalue weighted by atomic mass is 10.2. The van der Waals surface area contributed by atoms with Gasteiger partial charge >= 0.3 is 12.0 Å². The molecule has 114 valence electrons. The summed E-state index contributed by atoms with van der Waals surface area (Å²) in [6.45, 7) is 0. The second-order valence-corrected chi connectivity index (χ2v) is 5.32. The third kappa shape index (κ3) is 3.86. The van der Waals surface area contributed by atoms with Crippen LogP contribution in [-0.2, 0) is 4.74 Å². The minimum absolute atomic E-state index is 0.0237. The van der Waals surface area contributed by atoms with E-state index in [1.54, 1.807) is 13.2 Å². The fraction of sp³-hybridized carbons (Fsp3) is 0.429. The van der Waals surface area contributed by atoms with Gasteiger partial charge in [-0.3, -0.25) is 0 Å². The van der Waals surface area contributed by atoms with Crippen molar-refractivity contribution in [3.05, 3.63) is 28.8 Å². The molecule has 2 unspecified atom stereocenters. The normalized spacial score (nSPS) is 21.0. The van der Waals surface area contributed by atoms with Gasteiger partial charge in [-0.1, -0.05) is 11.6 Å². The van der Waals surface area contributed by atoms with Gasteiger partial charge in [0, 0.05) is 12.8 Å². The Balaban J connectivity index is 1.99. The number of rotatable bonds is 4. The topological polar surface area (TPSA) is 87.7 Å². The van der Waals surface area contributed by atoms with Gasteiger partial charge in [0.15, 0.2) is 0 Å². The zero-order valence-corrected chi connectivity index (χ0v) is 12.3. The van der Waals surface area contributed by atoms with Crippen molar-refractivity contribution in [3.8, 4) is 0 Å². The van der Waals surface area contributed by atoms with Crippen LogP contribution in [0, 0.1) is 0 Å². The summed E-state index contributed by atoms with van der Waals surface area (Å²) < 4.78 is 5.30. The molecule has 0 saturated heterocycles. The van der Waals surface area contributed by atoms with Crippen LogP contribution in [0.15, 0.2) is 18.2 Å². The fourth-order valence-corrected chi connectivity index (χ4v) is 2.67. The van der Waals surface area contributed by atoms with E-state index in [2.05, 4.69) is 10.6 Å². The van der Waals surface area contributed by atoms with Crippen LogP contribution < -0.4 is 10.6 Å². The van der Waals surface area contributed by atoms with Crippen molar-refractivity contribution in [2.75, 3.05) is 12.4 Å². The van der Waals surface area contributed by atoms with Gasteiger partial charge in [-0.15, -0.1) is 0 Å². The maximum atomic E-state index is 11.9. The molecule has 0 spiro atoms. The van der Waals surface area contributed by atoms with Gasteiger partial charge in [0.1, 0.15) is 0 Å². The molecular weight excluding hydrogens is 296 g/mol. The Bertz CT molecular complexity index is 550. The highest BCUT2D eigenvalue weighted by Gasteiger charge is 2.28. The van der Waals surface area contributed by atoms with Crippen LogP contribution in [0.4, 0.5) is 10.5 Å². The SMILES string of the molecule is COC1CCCC1NC(=O)Nc1ccc(Cl)c(C(=O)O)c1. The van der Waals surface area contributed by atoms with E-state index >= 15 is 0 Å². The minimum atomic E-state index is -1.14. The highest BCUT2D eigenvalue weighted by molar-refractivity contribution is 6.33. The molecule has 2 rings (SSSR count). The van der Waals surface area contributed by atoms with Crippen molar-refractivity contribution < 1.29 is 19.4 Å². The van der Waals surface area contributed by atoms with Crippen molar-refractivity contribution in [2.24, 2.45) is 0 Å². The second-order valence-electron chi connectivity index (χ2n) is 4.91. The van der Waals surface area contributed by atoms with E-state index < -0.39 is 5.97 Å². The van der Waals surface area contributed by atoms with Gasteiger partial charge in [-0.05, 0) is 37.5 Å². The molecule has 0 aliphatic heterocycles. The van der Waals surface area contributed by atoms with Crippen molar-refractivity contribution in [1.29, 1.82) is 0 Å². The summed E-state index contributed by atoms with van der Waals surface area (Å²) >= 11 is 5.78. The zero-order valence-electron chi connectivity index (χ0n) is 11.6. The van der Waals surface area contributed by atoms with E-state index in [1.165, 1.54) is 12.1 Å². The third-order valence-electron chi connectivity index (χ3n) is 3.53. The molecule has 1 aromatic rings. The monoisotopic (exact) mass is 312 g/mol. The van der Waals surface area contributed by atoms with E-state index in [4.69, 9.17) is 21.4 Å². The summed E-state index contributed by atoms with van der Waals surface area (Å²) in [6, 6.07) is 3.90. The summed E-state index contributed by atoms with van der Waals surface area (Å²) in [4.78, 5) is 22.9. The Morgan fingerprint density at radius 1 is 1.38 bits per heavy atom. The molecule has 1 saturated carbocycles. The number of urea groups is 1. The molecule has 2 atom stereocenters. The quantitative estimate of drug-likeness (QED) is 0.797. The van der Waals surface area contributed by atoms with Crippen LogP contribution in [0.1, 0.15) is 29.6 Å². The Hall–Kier alpha value is -1.79. The number of hydrogen-bond acceptors (Lipinski definition) is 3. The number of carboxylic acid groups (broad SMARTS) is 1. The predicted octanol–water partition coefficient (Wildman–Crippen LogP) is 2.73. The molecule has 6 nitrogen and oxygen atoms in total. The molecule has 1 aromatic carbocycles. The third-order valence-corrected chi connectivity index (χ3v) is 3.86. The van der Waals surface area contributed by atoms with E-state index in [9.17, 15) is 9.59 Å². The van der Waals surface area contributed by atoms with Gasteiger partial charge in [0.25, 0.3) is 0 Å². The summed E-state index contributed by atoms with van der Waals surface area (Å²) in [7, 11) is 1.63. The molecule has 1 aliphatic rings. The number of benzene rings is 1. The molecule has 7 heteroatoms. The number of ether oxygens (including phenoxy) is 1. The number of carbonyl (C=O) groups excluding carboxylic acids is 1. The molecule has 0 bridgehead atoms.